The highest BCUT2D eigenvalue weighted by Crippen LogP contribution is 2.27. The molecule has 2 atom stereocenters. The van der Waals surface area contributed by atoms with Gasteiger partial charge in [-0.1, -0.05) is 6.92 Å². The molecule has 7 heteroatoms. The maximum atomic E-state index is 13.8. The van der Waals surface area contributed by atoms with E-state index in [0.717, 1.165) is 6.07 Å². The number of nitrogens with zero attached hydrogens (tertiary/aromatic N) is 1. The standard InChI is InChI=1S/C14H13F2NO4/c1-3-7(2)21-14(20)11(13(18)19)10-8(6-17)4-5-9(15)12(10)16/h4-5,7,11H,3H2,1-2H3,(H,18,19). The Labute approximate surface area is 119 Å². The number of rotatable bonds is 5. The fourth-order valence-electron chi connectivity index (χ4n) is 1.64. The van der Waals surface area contributed by atoms with Gasteiger partial charge in [-0.2, -0.15) is 5.26 Å². The van der Waals surface area contributed by atoms with E-state index in [9.17, 15) is 18.4 Å². The number of carboxylic acids is 1. The van der Waals surface area contributed by atoms with E-state index in [2.05, 4.69) is 0 Å². The number of nitriles is 1. The highest BCUT2D eigenvalue weighted by atomic mass is 19.2. The van der Waals surface area contributed by atoms with Crippen LogP contribution >= 0.6 is 0 Å². The van der Waals surface area contributed by atoms with E-state index in [1.54, 1.807) is 13.0 Å². The predicted octanol–water partition coefficient (Wildman–Crippen LogP) is 2.35. The summed E-state index contributed by atoms with van der Waals surface area (Å²) in [4.78, 5) is 23.1. The lowest BCUT2D eigenvalue weighted by Crippen LogP contribution is -2.28. The molecule has 0 amide bonds. The van der Waals surface area contributed by atoms with Crippen LogP contribution < -0.4 is 0 Å². The fourth-order valence-corrected chi connectivity index (χ4v) is 1.64. The van der Waals surface area contributed by atoms with Gasteiger partial charge in [0.1, 0.15) is 0 Å². The van der Waals surface area contributed by atoms with Gasteiger partial charge < -0.3 is 9.84 Å². The molecule has 0 saturated carbocycles. The summed E-state index contributed by atoms with van der Waals surface area (Å²) in [7, 11) is 0. The van der Waals surface area contributed by atoms with Crippen molar-refractivity contribution in [3.05, 3.63) is 34.9 Å². The first-order valence-electron chi connectivity index (χ1n) is 6.14. The summed E-state index contributed by atoms with van der Waals surface area (Å²) in [6.07, 6.45) is -0.157. The zero-order valence-electron chi connectivity index (χ0n) is 11.4. The molecule has 112 valence electrons. The average molecular weight is 297 g/mol. The summed E-state index contributed by atoms with van der Waals surface area (Å²) in [6, 6.07) is 3.15. The molecule has 0 saturated heterocycles. The number of carbonyl (C=O) groups is 2. The minimum Gasteiger partial charge on any atom is -0.480 e. The lowest BCUT2D eigenvalue weighted by Gasteiger charge is -2.17. The van der Waals surface area contributed by atoms with Crippen molar-refractivity contribution in [1.82, 2.24) is 0 Å². The van der Waals surface area contributed by atoms with Crippen LogP contribution in [0, 0.1) is 23.0 Å². The van der Waals surface area contributed by atoms with Crippen molar-refractivity contribution < 1.29 is 28.2 Å². The van der Waals surface area contributed by atoms with Gasteiger partial charge in [0, 0.05) is 5.56 Å². The van der Waals surface area contributed by atoms with Crippen LogP contribution in [0.5, 0.6) is 0 Å². The Bertz CT molecular complexity index is 610. The first-order valence-corrected chi connectivity index (χ1v) is 6.14. The van der Waals surface area contributed by atoms with E-state index >= 15 is 0 Å². The third-order valence-electron chi connectivity index (χ3n) is 2.92. The van der Waals surface area contributed by atoms with Crippen LogP contribution in [-0.2, 0) is 14.3 Å². The largest absolute Gasteiger partial charge is 0.480 e. The number of hydrogen-bond acceptors (Lipinski definition) is 4. The minimum absolute atomic E-state index is 0.425. The number of esters is 1. The Morgan fingerprint density at radius 2 is 2.05 bits per heavy atom. The Kier molecular flexibility index (Phi) is 5.36. The average Bonchev–Trinajstić information content (AvgIpc) is 2.43. The molecule has 0 heterocycles. The number of carbonyl (C=O) groups excluding carboxylic acids is 1. The summed E-state index contributed by atoms with van der Waals surface area (Å²) in [5.41, 5.74) is -1.25. The monoisotopic (exact) mass is 297 g/mol. The molecule has 1 aromatic rings. The zero-order valence-corrected chi connectivity index (χ0v) is 11.4. The molecule has 0 aliphatic rings. The number of halogens is 2. The Hall–Kier alpha value is -2.49. The van der Waals surface area contributed by atoms with Crippen LogP contribution in [0.2, 0.25) is 0 Å². The molecule has 0 fully saturated rings. The quantitative estimate of drug-likeness (QED) is 0.665. The van der Waals surface area contributed by atoms with Crippen LogP contribution in [0.3, 0.4) is 0 Å². The smallest absolute Gasteiger partial charge is 0.325 e. The molecule has 1 rings (SSSR count). The molecule has 0 aliphatic heterocycles. The molecule has 0 bridgehead atoms. The third kappa shape index (κ3) is 3.54. The maximum absolute atomic E-state index is 13.8. The van der Waals surface area contributed by atoms with Gasteiger partial charge in [-0.3, -0.25) is 9.59 Å². The van der Waals surface area contributed by atoms with Crippen LogP contribution in [-0.4, -0.2) is 23.1 Å². The van der Waals surface area contributed by atoms with E-state index in [-0.39, 0.29) is 0 Å². The first kappa shape index (κ1) is 16.6. The van der Waals surface area contributed by atoms with Crippen molar-refractivity contribution in [3.8, 4) is 6.07 Å². The Morgan fingerprint density at radius 3 is 2.52 bits per heavy atom. The van der Waals surface area contributed by atoms with Gasteiger partial charge in [0.25, 0.3) is 0 Å². The zero-order chi connectivity index (χ0) is 16.2. The highest BCUT2D eigenvalue weighted by molar-refractivity contribution is 6.00. The molecule has 21 heavy (non-hydrogen) atoms. The predicted molar refractivity (Wildman–Crippen MR) is 67.3 cm³/mol. The van der Waals surface area contributed by atoms with Crippen molar-refractivity contribution >= 4 is 11.9 Å². The molecule has 0 spiro atoms. The SMILES string of the molecule is CCC(C)OC(=O)C(C(=O)O)c1c(C#N)ccc(F)c1F. The number of carboxylic acid groups (broad SMARTS) is 1. The lowest BCUT2D eigenvalue weighted by molar-refractivity contribution is -0.157. The molecule has 0 aromatic heterocycles. The molecule has 1 N–H and O–H groups in total. The molecule has 0 aliphatic carbocycles. The highest BCUT2D eigenvalue weighted by Gasteiger charge is 2.36. The third-order valence-corrected chi connectivity index (χ3v) is 2.92. The van der Waals surface area contributed by atoms with E-state index < -0.39 is 46.7 Å². The van der Waals surface area contributed by atoms with E-state index in [0.29, 0.717) is 12.5 Å². The van der Waals surface area contributed by atoms with Crippen LogP contribution in [0.15, 0.2) is 12.1 Å². The molecular weight excluding hydrogens is 284 g/mol. The van der Waals surface area contributed by atoms with Crippen molar-refractivity contribution in [1.29, 1.82) is 5.26 Å². The van der Waals surface area contributed by atoms with Gasteiger partial charge in [0.2, 0.25) is 0 Å². The summed E-state index contributed by atoms with van der Waals surface area (Å²) >= 11 is 0. The minimum atomic E-state index is -2.09. The molecule has 5 nitrogen and oxygen atoms in total. The van der Waals surface area contributed by atoms with E-state index in [1.807, 2.05) is 0 Å². The van der Waals surface area contributed by atoms with Gasteiger partial charge in [-0.05, 0) is 25.5 Å². The Balaban J connectivity index is 3.37. The van der Waals surface area contributed by atoms with Crippen molar-refractivity contribution in [2.24, 2.45) is 0 Å². The first-order chi connectivity index (χ1) is 9.83. The second kappa shape index (κ2) is 6.79. The number of benzene rings is 1. The fraction of sp³-hybridized carbons (Fsp3) is 0.357. The lowest BCUT2D eigenvalue weighted by atomic mass is 9.93. The number of hydrogen-bond donors (Lipinski definition) is 1. The maximum Gasteiger partial charge on any atom is 0.325 e. The van der Waals surface area contributed by atoms with E-state index in [4.69, 9.17) is 15.1 Å². The van der Waals surface area contributed by atoms with Gasteiger partial charge in [0.15, 0.2) is 17.6 Å². The van der Waals surface area contributed by atoms with Gasteiger partial charge in [-0.25, -0.2) is 8.78 Å². The van der Waals surface area contributed by atoms with Crippen LogP contribution in [0.4, 0.5) is 8.78 Å². The molecular formula is C14H13F2NO4. The summed E-state index contributed by atoms with van der Waals surface area (Å²) in [5, 5.41) is 18.0. The number of ether oxygens (including phenoxy) is 1. The van der Waals surface area contributed by atoms with Crippen molar-refractivity contribution in [3.63, 3.8) is 0 Å². The topological polar surface area (TPSA) is 87.4 Å². The molecule has 0 radical (unpaired) electrons. The second-order valence-electron chi connectivity index (χ2n) is 4.36. The summed E-state index contributed by atoms with van der Waals surface area (Å²) in [6.45, 7) is 3.24. The van der Waals surface area contributed by atoms with Gasteiger partial charge in [-0.15, -0.1) is 0 Å². The summed E-state index contributed by atoms with van der Waals surface area (Å²) < 4.78 is 32.0. The van der Waals surface area contributed by atoms with Crippen molar-refractivity contribution in [2.45, 2.75) is 32.3 Å². The van der Waals surface area contributed by atoms with Crippen LogP contribution in [0.25, 0.3) is 0 Å². The second-order valence-corrected chi connectivity index (χ2v) is 4.36. The normalized spacial score (nSPS) is 13.1. The van der Waals surface area contributed by atoms with Crippen molar-refractivity contribution in [2.75, 3.05) is 0 Å². The Morgan fingerprint density at radius 1 is 1.43 bits per heavy atom. The van der Waals surface area contributed by atoms with E-state index in [1.165, 1.54) is 6.92 Å². The van der Waals surface area contributed by atoms with Gasteiger partial charge >= 0.3 is 11.9 Å². The number of aliphatic carboxylic acids is 1. The molecule has 2 unspecified atom stereocenters. The van der Waals surface area contributed by atoms with Gasteiger partial charge in [0.05, 0.1) is 17.7 Å². The van der Waals surface area contributed by atoms with Crippen LogP contribution in [0.1, 0.15) is 37.3 Å². The summed E-state index contributed by atoms with van der Waals surface area (Å²) in [5.74, 6) is -7.93. The molecule has 1 aromatic carbocycles.